The van der Waals surface area contributed by atoms with Crippen LogP contribution in [0.1, 0.15) is 11.5 Å². The molecule has 0 radical (unpaired) electrons. The summed E-state index contributed by atoms with van der Waals surface area (Å²) in [5.74, 6) is 0.793. The molecule has 0 fully saturated rings. The molecular formula is C18H13F4N5. The van der Waals surface area contributed by atoms with Gasteiger partial charge in [-0.1, -0.05) is 0 Å². The summed E-state index contributed by atoms with van der Waals surface area (Å²) in [6, 6.07) is 6.56. The first-order valence-corrected chi connectivity index (χ1v) is 8.02. The van der Waals surface area contributed by atoms with Crippen LogP contribution in [-0.4, -0.2) is 27.3 Å². The Morgan fingerprint density at radius 3 is 2.63 bits per heavy atom. The van der Waals surface area contributed by atoms with Gasteiger partial charge < -0.3 is 4.90 Å². The van der Waals surface area contributed by atoms with Crippen molar-refractivity contribution >= 4 is 28.8 Å². The second-order valence-electron chi connectivity index (χ2n) is 5.96. The molecule has 0 amide bonds. The van der Waals surface area contributed by atoms with Crippen LogP contribution in [-0.2, 0) is 6.18 Å². The Morgan fingerprint density at radius 1 is 1.11 bits per heavy atom. The number of halogens is 4. The molecule has 4 rings (SSSR count). The first kappa shape index (κ1) is 17.2. The molecule has 0 saturated carbocycles. The number of rotatable bonds is 2. The third-order valence-electron chi connectivity index (χ3n) is 4.20. The third-order valence-corrected chi connectivity index (χ3v) is 4.20. The predicted molar refractivity (Wildman–Crippen MR) is 93.8 cm³/mol. The van der Waals surface area contributed by atoms with E-state index >= 15 is 0 Å². The van der Waals surface area contributed by atoms with Gasteiger partial charge in [-0.15, -0.1) is 0 Å². The van der Waals surface area contributed by atoms with Crippen LogP contribution >= 0.6 is 0 Å². The molecule has 27 heavy (non-hydrogen) atoms. The molecule has 0 N–H and O–H groups in total. The molecule has 0 aliphatic carbocycles. The Morgan fingerprint density at radius 2 is 1.93 bits per heavy atom. The molecule has 0 bridgehead atoms. The summed E-state index contributed by atoms with van der Waals surface area (Å²) in [5, 5.41) is 0. The first-order chi connectivity index (χ1) is 12.8. The van der Waals surface area contributed by atoms with E-state index in [9.17, 15) is 17.6 Å². The number of hydrogen-bond acceptors (Lipinski definition) is 4. The fourth-order valence-electron chi connectivity index (χ4n) is 3.00. The molecule has 0 spiro atoms. The highest BCUT2D eigenvalue weighted by Gasteiger charge is 2.32. The summed E-state index contributed by atoms with van der Waals surface area (Å²) in [6.07, 6.45) is -0.111. The predicted octanol–water partition coefficient (Wildman–Crippen LogP) is 4.24. The zero-order valence-electron chi connectivity index (χ0n) is 14.1. The number of anilines is 1. The van der Waals surface area contributed by atoms with Crippen molar-refractivity contribution < 1.29 is 17.6 Å². The first-order valence-electron chi connectivity index (χ1n) is 8.02. The van der Waals surface area contributed by atoms with Gasteiger partial charge in [-0.05, 0) is 31.2 Å². The number of alkyl halides is 3. The van der Waals surface area contributed by atoms with E-state index in [0.29, 0.717) is 34.9 Å². The van der Waals surface area contributed by atoms with Gasteiger partial charge in [-0.3, -0.25) is 9.56 Å². The molecular weight excluding hydrogens is 362 g/mol. The Balaban J connectivity index is 1.79. The van der Waals surface area contributed by atoms with Gasteiger partial charge in [0.15, 0.2) is 0 Å². The molecule has 0 saturated heterocycles. The van der Waals surface area contributed by atoms with E-state index in [1.54, 1.807) is 34.9 Å². The average Bonchev–Trinajstić information content (AvgIpc) is 2.96. The fourth-order valence-corrected chi connectivity index (χ4v) is 3.00. The van der Waals surface area contributed by atoms with Crippen molar-refractivity contribution in [1.29, 1.82) is 0 Å². The Hall–Kier alpha value is -3.23. The van der Waals surface area contributed by atoms with Crippen molar-refractivity contribution in [2.75, 3.05) is 11.4 Å². The minimum Gasteiger partial charge on any atom is -0.319 e. The van der Waals surface area contributed by atoms with E-state index in [-0.39, 0.29) is 0 Å². The highest BCUT2D eigenvalue weighted by atomic mass is 19.4. The van der Waals surface area contributed by atoms with Gasteiger partial charge in [-0.2, -0.15) is 13.2 Å². The van der Waals surface area contributed by atoms with Gasteiger partial charge in [0, 0.05) is 12.3 Å². The topological polar surface area (TPSA) is 46.3 Å². The summed E-state index contributed by atoms with van der Waals surface area (Å²) in [4.78, 5) is 13.8. The largest absolute Gasteiger partial charge is 0.433 e. The van der Waals surface area contributed by atoms with E-state index < -0.39 is 17.7 Å². The molecule has 2 aromatic heterocycles. The fraction of sp³-hybridized carbons (Fsp3) is 0.167. The Bertz CT molecular complexity index is 1060. The summed E-state index contributed by atoms with van der Waals surface area (Å²) in [6.45, 7) is 2.11. The highest BCUT2D eigenvalue weighted by Crippen LogP contribution is 2.31. The van der Waals surface area contributed by atoms with Crippen LogP contribution in [0.15, 0.2) is 47.7 Å². The molecule has 3 heterocycles. The Kier molecular flexibility index (Phi) is 3.94. The number of nitrogens with zero attached hydrogens (tertiary/aromatic N) is 5. The van der Waals surface area contributed by atoms with Crippen molar-refractivity contribution in [3.05, 3.63) is 60.1 Å². The Labute approximate surface area is 151 Å². The maximum absolute atomic E-state index is 13.5. The zero-order chi connectivity index (χ0) is 19.2. The normalized spacial score (nSPS) is 14.7. The van der Waals surface area contributed by atoms with Crippen molar-refractivity contribution in [1.82, 2.24) is 14.5 Å². The number of imidazole rings is 1. The molecule has 1 aliphatic heterocycles. The number of hydrogen-bond donors (Lipinski definition) is 0. The van der Waals surface area contributed by atoms with Crippen LogP contribution in [0.5, 0.6) is 0 Å². The monoisotopic (exact) mass is 375 g/mol. The van der Waals surface area contributed by atoms with Gasteiger partial charge in [-0.25, -0.2) is 14.4 Å². The third kappa shape index (κ3) is 3.05. The smallest absolute Gasteiger partial charge is 0.319 e. The minimum absolute atomic E-state index is 0.346. The molecule has 3 aromatic rings. The van der Waals surface area contributed by atoms with Crippen LogP contribution in [0.3, 0.4) is 0 Å². The van der Waals surface area contributed by atoms with Gasteiger partial charge in [0.25, 0.3) is 0 Å². The number of aromatic nitrogens is 3. The second kappa shape index (κ2) is 6.19. The van der Waals surface area contributed by atoms with Crippen molar-refractivity contribution in [2.24, 2.45) is 4.99 Å². The molecule has 5 nitrogen and oxygen atoms in total. The molecule has 1 aromatic carbocycles. The van der Waals surface area contributed by atoms with Crippen LogP contribution in [0.4, 0.5) is 23.2 Å². The summed E-state index contributed by atoms with van der Waals surface area (Å²) in [7, 11) is 0. The molecule has 0 atom stereocenters. The van der Waals surface area contributed by atoms with E-state index in [4.69, 9.17) is 0 Å². The second-order valence-corrected chi connectivity index (χ2v) is 5.96. The SMILES string of the molecule is Cc1nc2cc(F)ccc2n1C1=CN=CCN1c1ccc(C(F)(F)F)nc1. The lowest BCUT2D eigenvalue weighted by Crippen LogP contribution is -2.29. The summed E-state index contributed by atoms with van der Waals surface area (Å²) in [5.41, 5.74) is 0.668. The zero-order valence-corrected chi connectivity index (χ0v) is 14.1. The number of fused-ring (bicyclic) bond motifs is 1. The lowest BCUT2D eigenvalue weighted by molar-refractivity contribution is -0.141. The van der Waals surface area contributed by atoms with Crippen molar-refractivity contribution in [2.45, 2.75) is 13.1 Å². The van der Waals surface area contributed by atoms with Crippen molar-refractivity contribution in [3.8, 4) is 0 Å². The van der Waals surface area contributed by atoms with E-state index in [2.05, 4.69) is 15.0 Å². The van der Waals surface area contributed by atoms with Gasteiger partial charge in [0.1, 0.15) is 23.2 Å². The van der Waals surface area contributed by atoms with E-state index in [1.807, 2.05) is 0 Å². The van der Waals surface area contributed by atoms with E-state index in [0.717, 1.165) is 6.07 Å². The van der Waals surface area contributed by atoms with Crippen LogP contribution < -0.4 is 4.90 Å². The molecule has 0 unspecified atom stereocenters. The maximum atomic E-state index is 13.5. The van der Waals surface area contributed by atoms with Crippen LogP contribution in [0.25, 0.3) is 16.9 Å². The molecule has 138 valence electrons. The summed E-state index contributed by atoms with van der Waals surface area (Å²) < 4.78 is 53.6. The number of aliphatic imine (C=N–C) groups is 1. The molecule has 9 heteroatoms. The van der Waals surface area contributed by atoms with Crippen LogP contribution in [0.2, 0.25) is 0 Å². The van der Waals surface area contributed by atoms with Crippen molar-refractivity contribution in [3.63, 3.8) is 0 Å². The average molecular weight is 375 g/mol. The molecule has 1 aliphatic rings. The van der Waals surface area contributed by atoms with Gasteiger partial charge in [0.05, 0.1) is 35.7 Å². The quantitative estimate of drug-likeness (QED) is 0.630. The lowest BCUT2D eigenvalue weighted by atomic mass is 10.2. The van der Waals surface area contributed by atoms with Gasteiger partial charge in [0.2, 0.25) is 0 Å². The number of pyridine rings is 1. The maximum Gasteiger partial charge on any atom is 0.433 e. The highest BCUT2D eigenvalue weighted by molar-refractivity contribution is 5.86. The standard InChI is InChI=1S/C18H13F4N5/c1-11-25-14-8-12(19)2-4-15(14)27(11)17-10-23-6-7-26(17)13-3-5-16(24-9-13)18(20,21)22/h2-6,8-10H,7H2,1H3. The van der Waals surface area contributed by atoms with Gasteiger partial charge >= 0.3 is 6.18 Å². The summed E-state index contributed by atoms with van der Waals surface area (Å²) >= 11 is 0. The van der Waals surface area contributed by atoms with Crippen LogP contribution in [0, 0.1) is 12.7 Å². The number of aryl methyl sites for hydroxylation is 1. The lowest BCUT2D eigenvalue weighted by Gasteiger charge is -2.28. The van der Waals surface area contributed by atoms with E-state index in [1.165, 1.54) is 24.4 Å². The number of benzene rings is 1. The minimum atomic E-state index is -4.50.